The predicted octanol–water partition coefficient (Wildman–Crippen LogP) is 3.39. The molecule has 2 heterocycles. The van der Waals surface area contributed by atoms with E-state index in [1.807, 2.05) is 0 Å². The second-order valence-corrected chi connectivity index (χ2v) is 6.18. The van der Waals surface area contributed by atoms with Crippen LogP contribution in [0.4, 0.5) is 0 Å². The maximum Gasteiger partial charge on any atom is 0.175 e. The van der Waals surface area contributed by atoms with Gasteiger partial charge in [0.25, 0.3) is 0 Å². The van der Waals surface area contributed by atoms with Crippen LogP contribution >= 0.6 is 15.9 Å². The van der Waals surface area contributed by atoms with Crippen molar-refractivity contribution in [3.8, 4) is 11.5 Å². The van der Waals surface area contributed by atoms with Gasteiger partial charge in [-0.3, -0.25) is 0 Å². The number of fused-ring (bicyclic) bond motifs is 1. The molecule has 2 aliphatic heterocycles. The lowest BCUT2D eigenvalue weighted by atomic mass is 9.88. The molecule has 0 bridgehead atoms. The molecule has 19 heavy (non-hydrogen) atoms. The maximum atomic E-state index is 5.92. The quantitative estimate of drug-likeness (QED) is 0.858. The Morgan fingerprint density at radius 1 is 1.21 bits per heavy atom. The standard InChI is InChI=1S/C15H20BrNO2/c1-10-12(11-4-2-5-17-9-11)8-13(16)15-14(10)18-6-3-7-19-15/h8,11,17H,2-7,9H2,1H3. The number of ether oxygens (including phenoxy) is 2. The minimum atomic E-state index is 0.585. The largest absolute Gasteiger partial charge is 0.489 e. The molecule has 0 spiro atoms. The first kappa shape index (κ1) is 13.3. The molecule has 1 unspecified atom stereocenters. The van der Waals surface area contributed by atoms with Gasteiger partial charge in [0.15, 0.2) is 11.5 Å². The molecule has 4 heteroatoms. The van der Waals surface area contributed by atoms with Gasteiger partial charge in [-0.15, -0.1) is 0 Å². The van der Waals surface area contributed by atoms with Crippen LogP contribution in [0, 0.1) is 6.92 Å². The van der Waals surface area contributed by atoms with Crippen molar-refractivity contribution in [2.75, 3.05) is 26.3 Å². The Hall–Kier alpha value is -0.740. The molecule has 3 rings (SSSR count). The third-order valence-electron chi connectivity index (χ3n) is 4.00. The van der Waals surface area contributed by atoms with E-state index < -0.39 is 0 Å². The zero-order chi connectivity index (χ0) is 13.2. The molecule has 0 aromatic heterocycles. The van der Waals surface area contributed by atoms with E-state index in [4.69, 9.17) is 9.47 Å². The highest BCUT2D eigenvalue weighted by Gasteiger charge is 2.24. The fourth-order valence-electron chi connectivity index (χ4n) is 2.98. The van der Waals surface area contributed by atoms with Crippen LogP contribution in [0.1, 0.15) is 36.3 Å². The van der Waals surface area contributed by atoms with Gasteiger partial charge in [0.2, 0.25) is 0 Å². The van der Waals surface area contributed by atoms with Crippen LogP contribution < -0.4 is 14.8 Å². The van der Waals surface area contributed by atoms with Crippen molar-refractivity contribution < 1.29 is 9.47 Å². The van der Waals surface area contributed by atoms with Crippen LogP contribution in [0.2, 0.25) is 0 Å². The van der Waals surface area contributed by atoms with E-state index in [2.05, 4.69) is 34.2 Å². The molecule has 0 amide bonds. The molecule has 1 aromatic carbocycles. The number of halogens is 1. The summed E-state index contributed by atoms with van der Waals surface area (Å²) < 4.78 is 12.8. The molecule has 1 fully saturated rings. The van der Waals surface area contributed by atoms with Crippen molar-refractivity contribution >= 4 is 15.9 Å². The first-order valence-corrected chi connectivity index (χ1v) is 7.86. The molecule has 0 saturated carbocycles. The number of nitrogens with one attached hydrogen (secondary N) is 1. The molecular formula is C15H20BrNO2. The molecule has 1 atom stereocenters. The lowest BCUT2D eigenvalue weighted by molar-refractivity contribution is 0.296. The van der Waals surface area contributed by atoms with Gasteiger partial charge in [0, 0.05) is 13.0 Å². The molecule has 104 valence electrons. The Bertz CT molecular complexity index is 470. The Kier molecular flexibility index (Phi) is 3.99. The number of hydrogen-bond donors (Lipinski definition) is 1. The van der Waals surface area contributed by atoms with Gasteiger partial charge in [-0.25, -0.2) is 0 Å². The van der Waals surface area contributed by atoms with Gasteiger partial charge in [-0.1, -0.05) is 0 Å². The van der Waals surface area contributed by atoms with Crippen molar-refractivity contribution in [1.82, 2.24) is 5.32 Å². The van der Waals surface area contributed by atoms with E-state index in [0.717, 1.165) is 48.7 Å². The second-order valence-electron chi connectivity index (χ2n) is 5.32. The smallest absolute Gasteiger partial charge is 0.175 e. The molecule has 1 N–H and O–H groups in total. The fraction of sp³-hybridized carbons (Fsp3) is 0.600. The highest BCUT2D eigenvalue weighted by atomic mass is 79.9. The summed E-state index contributed by atoms with van der Waals surface area (Å²) in [7, 11) is 0. The summed E-state index contributed by atoms with van der Waals surface area (Å²) in [5.41, 5.74) is 2.64. The zero-order valence-corrected chi connectivity index (χ0v) is 12.9. The summed E-state index contributed by atoms with van der Waals surface area (Å²) in [4.78, 5) is 0. The number of piperidine rings is 1. The van der Waals surface area contributed by atoms with Crippen molar-refractivity contribution in [1.29, 1.82) is 0 Å². The van der Waals surface area contributed by atoms with Crippen molar-refractivity contribution in [2.24, 2.45) is 0 Å². The average Bonchev–Trinajstić information content (AvgIpc) is 2.70. The van der Waals surface area contributed by atoms with E-state index >= 15 is 0 Å². The number of hydrogen-bond acceptors (Lipinski definition) is 3. The van der Waals surface area contributed by atoms with Crippen molar-refractivity contribution in [2.45, 2.75) is 32.1 Å². The summed E-state index contributed by atoms with van der Waals surface area (Å²) >= 11 is 3.64. The average molecular weight is 326 g/mol. The van der Waals surface area contributed by atoms with Crippen LogP contribution in [0.3, 0.4) is 0 Å². The first-order chi connectivity index (χ1) is 9.27. The van der Waals surface area contributed by atoms with E-state index in [1.54, 1.807) is 0 Å². The number of rotatable bonds is 1. The fourth-order valence-corrected chi connectivity index (χ4v) is 3.52. The third kappa shape index (κ3) is 2.61. The lowest BCUT2D eigenvalue weighted by Crippen LogP contribution is -2.28. The van der Waals surface area contributed by atoms with Crippen LogP contribution in [0.25, 0.3) is 0 Å². The van der Waals surface area contributed by atoms with Gasteiger partial charge < -0.3 is 14.8 Å². The summed E-state index contributed by atoms with van der Waals surface area (Å²) in [6.45, 7) is 5.83. The topological polar surface area (TPSA) is 30.5 Å². The van der Waals surface area contributed by atoms with Crippen molar-refractivity contribution in [3.63, 3.8) is 0 Å². The van der Waals surface area contributed by atoms with Gasteiger partial charge in [-0.05, 0) is 65.4 Å². The van der Waals surface area contributed by atoms with Crippen LogP contribution in [0.5, 0.6) is 11.5 Å². The summed E-state index contributed by atoms with van der Waals surface area (Å²) in [5.74, 6) is 2.40. The summed E-state index contributed by atoms with van der Waals surface area (Å²) in [5, 5.41) is 3.49. The molecule has 1 saturated heterocycles. The van der Waals surface area contributed by atoms with Gasteiger partial charge in [0.05, 0.1) is 17.7 Å². The van der Waals surface area contributed by atoms with Crippen LogP contribution in [0.15, 0.2) is 10.5 Å². The summed E-state index contributed by atoms with van der Waals surface area (Å²) in [6.07, 6.45) is 3.44. The molecular weight excluding hydrogens is 306 g/mol. The van der Waals surface area contributed by atoms with Crippen LogP contribution in [-0.4, -0.2) is 26.3 Å². The Morgan fingerprint density at radius 3 is 2.74 bits per heavy atom. The minimum absolute atomic E-state index is 0.585. The normalized spacial score (nSPS) is 22.9. The molecule has 1 aromatic rings. The minimum Gasteiger partial charge on any atom is -0.489 e. The Morgan fingerprint density at radius 2 is 2.00 bits per heavy atom. The molecule has 3 nitrogen and oxygen atoms in total. The first-order valence-electron chi connectivity index (χ1n) is 7.06. The molecule has 0 aliphatic carbocycles. The highest BCUT2D eigenvalue weighted by Crippen LogP contribution is 2.44. The van der Waals surface area contributed by atoms with Crippen LogP contribution in [-0.2, 0) is 0 Å². The SMILES string of the molecule is Cc1c(C2CCCNC2)cc(Br)c2c1OCCCO2. The molecule has 2 aliphatic rings. The third-order valence-corrected chi connectivity index (χ3v) is 4.59. The Balaban J connectivity index is 2.01. The second kappa shape index (κ2) is 5.71. The highest BCUT2D eigenvalue weighted by molar-refractivity contribution is 9.10. The van der Waals surface area contributed by atoms with E-state index in [0.29, 0.717) is 5.92 Å². The van der Waals surface area contributed by atoms with Gasteiger partial charge in [-0.2, -0.15) is 0 Å². The summed E-state index contributed by atoms with van der Waals surface area (Å²) in [6, 6.07) is 2.22. The van der Waals surface area contributed by atoms with Crippen molar-refractivity contribution in [3.05, 3.63) is 21.7 Å². The molecule has 0 radical (unpaired) electrons. The van der Waals surface area contributed by atoms with E-state index in [1.165, 1.54) is 24.0 Å². The number of benzene rings is 1. The van der Waals surface area contributed by atoms with Gasteiger partial charge in [0.1, 0.15) is 0 Å². The monoisotopic (exact) mass is 325 g/mol. The zero-order valence-electron chi connectivity index (χ0n) is 11.3. The maximum absolute atomic E-state index is 5.92. The predicted molar refractivity (Wildman–Crippen MR) is 79.3 cm³/mol. The van der Waals surface area contributed by atoms with Gasteiger partial charge >= 0.3 is 0 Å². The van der Waals surface area contributed by atoms with E-state index in [-0.39, 0.29) is 0 Å². The Labute approximate surface area is 122 Å². The lowest BCUT2D eigenvalue weighted by Gasteiger charge is -2.26. The van der Waals surface area contributed by atoms with E-state index in [9.17, 15) is 0 Å².